The number of aromatic nitrogens is 1. The number of oxazole rings is 1. The molecular weight excluding hydrogens is 295 g/mol. The minimum absolute atomic E-state index is 0.0822. The second-order valence-electron chi connectivity index (χ2n) is 6.13. The molecule has 1 amide bonds. The summed E-state index contributed by atoms with van der Waals surface area (Å²) in [7, 11) is 0. The lowest BCUT2D eigenvalue weighted by atomic mass is 9.88. The van der Waals surface area contributed by atoms with Gasteiger partial charge in [-0.1, -0.05) is 19.3 Å². The highest BCUT2D eigenvalue weighted by Crippen LogP contribution is 2.26. The second kappa shape index (κ2) is 6.94. The minimum atomic E-state index is -0.290. The van der Waals surface area contributed by atoms with Gasteiger partial charge in [-0.25, -0.2) is 9.37 Å². The van der Waals surface area contributed by atoms with Crippen LogP contribution >= 0.6 is 0 Å². The van der Waals surface area contributed by atoms with Gasteiger partial charge in [-0.05, 0) is 44.0 Å². The summed E-state index contributed by atoms with van der Waals surface area (Å²) in [5.74, 6) is 0.935. The Morgan fingerprint density at radius 1 is 1.26 bits per heavy atom. The van der Waals surface area contributed by atoms with E-state index in [-0.39, 0.29) is 23.7 Å². The van der Waals surface area contributed by atoms with Crippen LogP contribution in [-0.2, 0) is 4.79 Å². The molecule has 1 unspecified atom stereocenters. The Bertz CT molecular complexity index is 660. The van der Waals surface area contributed by atoms with Crippen LogP contribution < -0.4 is 5.32 Å². The summed E-state index contributed by atoms with van der Waals surface area (Å²) in [6, 6.07) is 5.77. The molecule has 1 aliphatic carbocycles. The maximum Gasteiger partial charge on any atom is 0.223 e. The van der Waals surface area contributed by atoms with Gasteiger partial charge in [0.2, 0.25) is 11.8 Å². The number of halogens is 1. The van der Waals surface area contributed by atoms with Gasteiger partial charge in [0, 0.05) is 11.5 Å². The Balaban J connectivity index is 1.64. The zero-order valence-electron chi connectivity index (χ0n) is 13.2. The highest BCUT2D eigenvalue weighted by atomic mass is 19.1. The van der Waals surface area contributed by atoms with E-state index in [1.54, 1.807) is 18.3 Å². The van der Waals surface area contributed by atoms with Crippen molar-refractivity contribution in [3.63, 3.8) is 0 Å². The molecule has 5 heteroatoms. The number of hydrogen-bond donors (Lipinski definition) is 1. The van der Waals surface area contributed by atoms with Crippen molar-refractivity contribution in [2.24, 2.45) is 5.92 Å². The van der Waals surface area contributed by atoms with Crippen LogP contribution in [0.2, 0.25) is 0 Å². The first-order valence-corrected chi connectivity index (χ1v) is 8.15. The van der Waals surface area contributed by atoms with Crippen LogP contribution in [0.4, 0.5) is 4.39 Å². The molecule has 3 rings (SSSR count). The molecule has 0 saturated heterocycles. The standard InChI is InChI=1S/C18H21FN2O2/c1-12(21-17(22)14-5-3-2-4-6-14)18-20-11-16(23-18)13-7-9-15(19)10-8-13/h7-12,14H,2-6H2,1H3,(H,21,22). The molecule has 4 nitrogen and oxygen atoms in total. The molecule has 1 aromatic carbocycles. The van der Waals surface area contributed by atoms with Gasteiger partial charge in [0.1, 0.15) is 11.9 Å². The average molecular weight is 316 g/mol. The predicted molar refractivity (Wildman–Crippen MR) is 85.0 cm³/mol. The number of benzene rings is 1. The van der Waals surface area contributed by atoms with Gasteiger partial charge >= 0.3 is 0 Å². The Hall–Kier alpha value is -2.17. The summed E-state index contributed by atoms with van der Waals surface area (Å²) in [6.07, 6.45) is 7.00. The summed E-state index contributed by atoms with van der Waals surface area (Å²) in [4.78, 5) is 16.5. The third-order valence-electron chi connectivity index (χ3n) is 4.36. The monoisotopic (exact) mass is 316 g/mol. The van der Waals surface area contributed by atoms with Crippen molar-refractivity contribution in [1.82, 2.24) is 10.3 Å². The van der Waals surface area contributed by atoms with Gasteiger partial charge in [-0.3, -0.25) is 4.79 Å². The molecular formula is C18H21FN2O2. The first-order chi connectivity index (χ1) is 11.1. The fraction of sp³-hybridized carbons (Fsp3) is 0.444. The highest BCUT2D eigenvalue weighted by molar-refractivity contribution is 5.79. The van der Waals surface area contributed by atoms with E-state index >= 15 is 0 Å². The second-order valence-corrected chi connectivity index (χ2v) is 6.13. The van der Waals surface area contributed by atoms with Crippen LogP contribution in [-0.4, -0.2) is 10.9 Å². The first kappa shape index (κ1) is 15.7. The van der Waals surface area contributed by atoms with Crippen LogP contribution in [0.25, 0.3) is 11.3 Å². The molecule has 1 N–H and O–H groups in total. The topological polar surface area (TPSA) is 55.1 Å². The van der Waals surface area contributed by atoms with Gasteiger partial charge in [-0.15, -0.1) is 0 Å². The van der Waals surface area contributed by atoms with E-state index in [1.807, 2.05) is 6.92 Å². The average Bonchev–Trinajstić information content (AvgIpc) is 3.06. The number of carbonyl (C=O) groups is 1. The fourth-order valence-electron chi connectivity index (χ4n) is 2.99. The fourth-order valence-corrected chi connectivity index (χ4v) is 2.99. The van der Waals surface area contributed by atoms with E-state index in [0.29, 0.717) is 11.7 Å². The molecule has 1 heterocycles. The number of carbonyl (C=O) groups excluding carboxylic acids is 1. The zero-order valence-corrected chi connectivity index (χ0v) is 13.2. The lowest BCUT2D eigenvalue weighted by Gasteiger charge is -2.22. The van der Waals surface area contributed by atoms with E-state index in [4.69, 9.17) is 4.42 Å². The maximum absolute atomic E-state index is 13.0. The highest BCUT2D eigenvalue weighted by Gasteiger charge is 2.24. The van der Waals surface area contributed by atoms with Crippen LogP contribution in [0.15, 0.2) is 34.9 Å². The number of nitrogens with one attached hydrogen (secondary N) is 1. The summed E-state index contributed by atoms with van der Waals surface area (Å²) in [6.45, 7) is 1.86. The third kappa shape index (κ3) is 3.78. The molecule has 0 spiro atoms. The lowest BCUT2D eigenvalue weighted by Crippen LogP contribution is -2.33. The van der Waals surface area contributed by atoms with Crippen molar-refractivity contribution in [1.29, 1.82) is 0 Å². The molecule has 1 fully saturated rings. The minimum Gasteiger partial charge on any atom is -0.438 e. The van der Waals surface area contributed by atoms with Crippen molar-refractivity contribution in [3.05, 3.63) is 42.2 Å². The van der Waals surface area contributed by atoms with E-state index in [1.165, 1.54) is 18.6 Å². The molecule has 1 saturated carbocycles. The van der Waals surface area contributed by atoms with Crippen LogP contribution in [0.1, 0.15) is 51.0 Å². The lowest BCUT2D eigenvalue weighted by molar-refractivity contribution is -0.126. The maximum atomic E-state index is 13.0. The molecule has 1 atom stereocenters. The summed E-state index contributed by atoms with van der Waals surface area (Å²) in [5.41, 5.74) is 0.760. The van der Waals surface area contributed by atoms with E-state index in [9.17, 15) is 9.18 Å². The van der Waals surface area contributed by atoms with Gasteiger partial charge < -0.3 is 9.73 Å². The van der Waals surface area contributed by atoms with Crippen LogP contribution in [0.3, 0.4) is 0 Å². The molecule has 1 aromatic heterocycles. The Labute approximate surface area is 135 Å². The van der Waals surface area contributed by atoms with Crippen molar-refractivity contribution in [2.45, 2.75) is 45.1 Å². The number of amides is 1. The van der Waals surface area contributed by atoms with Crippen molar-refractivity contribution in [2.75, 3.05) is 0 Å². The van der Waals surface area contributed by atoms with Gasteiger partial charge in [0.15, 0.2) is 5.76 Å². The molecule has 23 heavy (non-hydrogen) atoms. The van der Waals surface area contributed by atoms with E-state index in [0.717, 1.165) is 31.2 Å². The van der Waals surface area contributed by atoms with Crippen LogP contribution in [0, 0.1) is 11.7 Å². The SMILES string of the molecule is CC(NC(=O)C1CCCCC1)c1ncc(-c2ccc(F)cc2)o1. The summed E-state index contributed by atoms with van der Waals surface area (Å²) >= 11 is 0. The first-order valence-electron chi connectivity index (χ1n) is 8.15. The Morgan fingerprint density at radius 2 is 1.96 bits per heavy atom. The molecule has 0 aliphatic heterocycles. The Morgan fingerprint density at radius 3 is 2.65 bits per heavy atom. The predicted octanol–water partition coefficient (Wildman–Crippen LogP) is 4.24. The zero-order chi connectivity index (χ0) is 16.2. The van der Waals surface area contributed by atoms with E-state index < -0.39 is 0 Å². The van der Waals surface area contributed by atoms with Gasteiger partial charge in [0.05, 0.1) is 6.20 Å². The normalized spacial score (nSPS) is 17.0. The molecule has 2 aromatic rings. The quantitative estimate of drug-likeness (QED) is 0.918. The van der Waals surface area contributed by atoms with Gasteiger partial charge in [-0.2, -0.15) is 0 Å². The van der Waals surface area contributed by atoms with Crippen molar-refractivity contribution in [3.8, 4) is 11.3 Å². The number of hydrogen-bond acceptors (Lipinski definition) is 3. The van der Waals surface area contributed by atoms with Crippen molar-refractivity contribution < 1.29 is 13.6 Å². The van der Waals surface area contributed by atoms with Crippen molar-refractivity contribution >= 4 is 5.91 Å². The number of nitrogens with zero attached hydrogens (tertiary/aromatic N) is 1. The Kier molecular flexibility index (Phi) is 4.74. The number of rotatable bonds is 4. The smallest absolute Gasteiger partial charge is 0.223 e. The molecule has 0 radical (unpaired) electrons. The molecule has 122 valence electrons. The van der Waals surface area contributed by atoms with E-state index in [2.05, 4.69) is 10.3 Å². The van der Waals surface area contributed by atoms with Gasteiger partial charge in [0.25, 0.3) is 0 Å². The molecule has 0 bridgehead atoms. The van der Waals surface area contributed by atoms with Crippen LogP contribution in [0.5, 0.6) is 0 Å². The third-order valence-corrected chi connectivity index (χ3v) is 4.36. The largest absolute Gasteiger partial charge is 0.438 e. The summed E-state index contributed by atoms with van der Waals surface area (Å²) < 4.78 is 18.7. The molecule has 1 aliphatic rings. The summed E-state index contributed by atoms with van der Waals surface area (Å²) in [5, 5.41) is 2.98.